The number of nitrogens with zero attached hydrogens (tertiary/aromatic N) is 2. The van der Waals surface area contributed by atoms with Crippen LogP contribution < -0.4 is 10.9 Å². The molecule has 1 aromatic carbocycles. The third kappa shape index (κ3) is 7.38. The van der Waals surface area contributed by atoms with E-state index in [1.165, 1.54) is 22.7 Å². The number of amides is 2. The molecule has 2 amide bonds. The smallest absolute Gasteiger partial charge is 0.251 e. The SMILES string of the molecule is CCCc1cc(=O)[nH]c(SCC(=O)N(CCC)CC(=O)Nc2ccccc2C)n1. The van der Waals surface area contributed by atoms with Crippen LogP contribution in [0.4, 0.5) is 5.69 Å². The molecule has 8 heteroatoms. The Kier molecular flexibility index (Phi) is 8.92. The summed E-state index contributed by atoms with van der Waals surface area (Å²) >= 11 is 1.18. The summed E-state index contributed by atoms with van der Waals surface area (Å²) in [6.07, 6.45) is 2.35. The molecule has 1 aromatic heterocycles. The summed E-state index contributed by atoms with van der Waals surface area (Å²) in [5.74, 6) is -0.293. The van der Waals surface area contributed by atoms with Crippen LogP contribution >= 0.6 is 11.8 Å². The fourth-order valence-electron chi connectivity index (χ4n) is 2.80. The van der Waals surface area contributed by atoms with Gasteiger partial charge in [-0.15, -0.1) is 0 Å². The molecule has 2 aromatic rings. The van der Waals surface area contributed by atoms with Gasteiger partial charge in [0.2, 0.25) is 11.8 Å². The van der Waals surface area contributed by atoms with Gasteiger partial charge in [-0.1, -0.05) is 50.2 Å². The summed E-state index contributed by atoms with van der Waals surface area (Å²) in [7, 11) is 0. The van der Waals surface area contributed by atoms with Gasteiger partial charge in [-0.2, -0.15) is 0 Å². The number of thioether (sulfide) groups is 1. The van der Waals surface area contributed by atoms with E-state index in [-0.39, 0.29) is 29.7 Å². The van der Waals surface area contributed by atoms with Crippen LogP contribution in [0.1, 0.15) is 37.9 Å². The number of rotatable bonds is 10. The quantitative estimate of drug-likeness (QED) is 0.459. The average molecular weight is 417 g/mol. The maximum Gasteiger partial charge on any atom is 0.251 e. The monoisotopic (exact) mass is 416 g/mol. The molecular weight excluding hydrogens is 388 g/mol. The minimum Gasteiger partial charge on any atom is -0.333 e. The molecule has 29 heavy (non-hydrogen) atoms. The molecule has 0 aliphatic carbocycles. The predicted molar refractivity (Wildman–Crippen MR) is 116 cm³/mol. The van der Waals surface area contributed by atoms with Crippen molar-refractivity contribution in [1.82, 2.24) is 14.9 Å². The Hall–Kier alpha value is -2.61. The highest BCUT2D eigenvalue weighted by atomic mass is 32.2. The van der Waals surface area contributed by atoms with Crippen molar-refractivity contribution in [3.63, 3.8) is 0 Å². The van der Waals surface area contributed by atoms with Crippen LogP contribution in [-0.4, -0.2) is 45.5 Å². The molecule has 2 N–H and O–H groups in total. The summed E-state index contributed by atoms with van der Waals surface area (Å²) in [5, 5.41) is 3.28. The number of para-hydroxylation sites is 1. The van der Waals surface area contributed by atoms with Gasteiger partial charge in [-0.05, 0) is 31.4 Å². The lowest BCUT2D eigenvalue weighted by Gasteiger charge is -2.21. The largest absolute Gasteiger partial charge is 0.333 e. The van der Waals surface area contributed by atoms with Gasteiger partial charge in [0.25, 0.3) is 5.56 Å². The summed E-state index contributed by atoms with van der Waals surface area (Å²) in [4.78, 5) is 45.4. The fraction of sp³-hybridized carbons (Fsp3) is 0.429. The fourth-order valence-corrected chi connectivity index (χ4v) is 3.59. The highest BCUT2D eigenvalue weighted by Gasteiger charge is 2.18. The third-order valence-electron chi connectivity index (χ3n) is 4.21. The Balaban J connectivity index is 1.97. The molecule has 0 spiro atoms. The van der Waals surface area contributed by atoms with Crippen LogP contribution in [0.5, 0.6) is 0 Å². The number of carbonyl (C=O) groups is 2. The van der Waals surface area contributed by atoms with Crippen LogP contribution in [0, 0.1) is 6.92 Å². The van der Waals surface area contributed by atoms with Crippen LogP contribution in [0.15, 0.2) is 40.3 Å². The predicted octanol–water partition coefficient (Wildman–Crippen LogP) is 3.00. The summed E-state index contributed by atoms with van der Waals surface area (Å²) in [6.45, 7) is 6.37. The van der Waals surface area contributed by atoms with E-state index in [9.17, 15) is 14.4 Å². The Morgan fingerprint density at radius 3 is 2.66 bits per heavy atom. The van der Waals surface area contributed by atoms with Crippen molar-refractivity contribution in [2.75, 3.05) is 24.2 Å². The van der Waals surface area contributed by atoms with Gasteiger partial charge in [0, 0.05) is 24.0 Å². The van der Waals surface area contributed by atoms with E-state index in [4.69, 9.17) is 0 Å². The first kappa shape index (κ1) is 22.7. The van der Waals surface area contributed by atoms with E-state index >= 15 is 0 Å². The van der Waals surface area contributed by atoms with Gasteiger partial charge >= 0.3 is 0 Å². The number of aromatic nitrogens is 2. The van der Waals surface area contributed by atoms with Crippen molar-refractivity contribution < 1.29 is 9.59 Å². The van der Waals surface area contributed by atoms with Gasteiger partial charge in [-0.3, -0.25) is 14.4 Å². The van der Waals surface area contributed by atoms with Crippen LogP contribution in [-0.2, 0) is 16.0 Å². The second-order valence-electron chi connectivity index (χ2n) is 6.76. The Labute approximate surface area is 175 Å². The van der Waals surface area contributed by atoms with Crippen molar-refractivity contribution in [2.24, 2.45) is 0 Å². The molecule has 156 valence electrons. The molecule has 0 saturated carbocycles. The van der Waals surface area contributed by atoms with Gasteiger partial charge < -0.3 is 15.2 Å². The highest BCUT2D eigenvalue weighted by molar-refractivity contribution is 7.99. The maximum atomic E-state index is 12.7. The number of anilines is 1. The first-order chi connectivity index (χ1) is 13.9. The van der Waals surface area contributed by atoms with E-state index in [1.807, 2.05) is 45.0 Å². The molecule has 0 aliphatic rings. The van der Waals surface area contributed by atoms with Gasteiger partial charge in [0.1, 0.15) is 0 Å². The highest BCUT2D eigenvalue weighted by Crippen LogP contribution is 2.15. The van der Waals surface area contributed by atoms with E-state index in [0.29, 0.717) is 23.8 Å². The van der Waals surface area contributed by atoms with Crippen molar-refractivity contribution in [3.8, 4) is 0 Å². The van der Waals surface area contributed by atoms with Gasteiger partial charge in [0.15, 0.2) is 5.16 Å². The molecule has 0 bridgehead atoms. The van der Waals surface area contributed by atoms with Crippen molar-refractivity contribution >= 4 is 29.3 Å². The number of H-pyrrole nitrogens is 1. The number of aryl methyl sites for hydroxylation is 2. The van der Waals surface area contributed by atoms with Gasteiger partial charge in [-0.25, -0.2) is 4.98 Å². The van der Waals surface area contributed by atoms with Crippen molar-refractivity contribution in [1.29, 1.82) is 0 Å². The summed E-state index contributed by atoms with van der Waals surface area (Å²) < 4.78 is 0. The van der Waals surface area contributed by atoms with E-state index in [1.54, 1.807) is 0 Å². The zero-order valence-corrected chi connectivity index (χ0v) is 18.0. The molecule has 7 nitrogen and oxygen atoms in total. The normalized spacial score (nSPS) is 10.6. The lowest BCUT2D eigenvalue weighted by atomic mass is 10.2. The second-order valence-corrected chi connectivity index (χ2v) is 7.72. The van der Waals surface area contributed by atoms with Crippen LogP contribution in [0.25, 0.3) is 0 Å². The van der Waals surface area contributed by atoms with Crippen LogP contribution in [0.2, 0.25) is 0 Å². The number of carbonyl (C=O) groups excluding carboxylic acids is 2. The van der Waals surface area contributed by atoms with Gasteiger partial charge in [0.05, 0.1) is 12.3 Å². The Morgan fingerprint density at radius 1 is 1.21 bits per heavy atom. The van der Waals surface area contributed by atoms with Crippen LogP contribution in [0.3, 0.4) is 0 Å². The molecule has 0 aliphatic heterocycles. The first-order valence-electron chi connectivity index (χ1n) is 9.79. The Bertz CT molecular complexity index is 897. The average Bonchev–Trinajstić information content (AvgIpc) is 2.67. The lowest BCUT2D eigenvalue weighted by molar-refractivity contribution is -0.132. The second kappa shape index (κ2) is 11.4. The minimum absolute atomic E-state index is 0.0125. The molecule has 0 radical (unpaired) electrons. The number of nitrogens with one attached hydrogen (secondary N) is 2. The summed E-state index contributed by atoms with van der Waals surface area (Å²) in [6, 6.07) is 8.99. The Morgan fingerprint density at radius 2 is 1.97 bits per heavy atom. The summed E-state index contributed by atoms with van der Waals surface area (Å²) in [5.41, 5.74) is 2.20. The van der Waals surface area contributed by atoms with E-state index < -0.39 is 0 Å². The molecular formula is C21H28N4O3S. The zero-order valence-electron chi connectivity index (χ0n) is 17.2. The van der Waals surface area contributed by atoms with E-state index in [0.717, 1.165) is 24.1 Å². The van der Waals surface area contributed by atoms with E-state index in [2.05, 4.69) is 15.3 Å². The number of hydrogen-bond donors (Lipinski definition) is 2. The number of aromatic amines is 1. The molecule has 1 heterocycles. The molecule has 0 fully saturated rings. The lowest BCUT2D eigenvalue weighted by Crippen LogP contribution is -2.39. The standard InChI is InChI=1S/C21H28N4O3S/c1-4-8-16-12-18(26)24-21(22-16)29-14-20(28)25(11-5-2)13-19(27)23-17-10-7-6-9-15(17)3/h6-7,9-10,12H,4-5,8,11,13-14H2,1-3H3,(H,23,27)(H,22,24,26). The van der Waals surface area contributed by atoms with Crippen molar-refractivity contribution in [2.45, 2.75) is 45.2 Å². The number of benzene rings is 1. The maximum absolute atomic E-state index is 12.7. The number of hydrogen-bond acceptors (Lipinski definition) is 5. The first-order valence-corrected chi connectivity index (χ1v) is 10.8. The van der Waals surface area contributed by atoms with Crippen molar-refractivity contribution in [3.05, 3.63) is 51.9 Å². The molecule has 0 atom stereocenters. The minimum atomic E-state index is -0.234. The zero-order chi connectivity index (χ0) is 21.2. The molecule has 2 rings (SSSR count). The molecule has 0 unspecified atom stereocenters. The third-order valence-corrected chi connectivity index (χ3v) is 5.07. The topological polar surface area (TPSA) is 95.2 Å². The molecule has 0 saturated heterocycles.